The van der Waals surface area contributed by atoms with Crippen LogP contribution in [0.1, 0.15) is 23.9 Å². The summed E-state index contributed by atoms with van der Waals surface area (Å²) in [5, 5.41) is 14.8. The SMILES string of the molecule is N#Cc1c[nH]c2ncnc(N3C[C@@H](F)C[C@H]3c3nn4ccc(Cl)c4c(=O)n3-c3cccc(F)c3)c12. The molecule has 1 aliphatic rings. The lowest BCUT2D eigenvalue weighted by Gasteiger charge is -2.27. The van der Waals surface area contributed by atoms with E-state index in [0.717, 1.165) is 0 Å². The van der Waals surface area contributed by atoms with Crippen LogP contribution in [0.15, 0.2) is 53.8 Å². The van der Waals surface area contributed by atoms with Crippen LogP contribution < -0.4 is 10.5 Å². The summed E-state index contributed by atoms with van der Waals surface area (Å²) in [6, 6.07) is 8.37. The minimum absolute atomic E-state index is 0.0000685. The Morgan fingerprint density at radius 2 is 2.11 bits per heavy atom. The van der Waals surface area contributed by atoms with Crippen molar-refractivity contribution in [3.8, 4) is 11.8 Å². The van der Waals surface area contributed by atoms with E-state index in [0.29, 0.717) is 22.4 Å². The average Bonchev–Trinajstić information content (AvgIpc) is 3.55. The van der Waals surface area contributed by atoms with Crippen LogP contribution in [0.2, 0.25) is 5.02 Å². The van der Waals surface area contributed by atoms with Crippen LogP contribution in [0, 0.1) is 17.1 Å². The Balaban J connectivity index is 1.63. The van der Waals surface area contributed by atoms with Gasteiger partial charge in [-0.3, -0.25) is 9.36 Å². The molecule has 0 unspecified atom stereocenters. The van der Waals surface area contributed by atoms with Crippen molar-refractivity contribution in [3.05, 3.63) is 81.6 Å². The molecule has 0 bridgehead atoms. The molecule has 1 N–H and O–H groups in total. The van der Waals surface area contributed by atoms with Crippen molar-refractivity contribution in [1.29, 1.82) is 5.26 Å². The Kier molecular flexibility index (Phi) is 4.79. The first-order chi connectivity index (χ1) is 17.0. The molecule has 1 aliphatic heterocycles. The first kappa shape index (κ1) is 21.2. The predicted octanol–water partition coefficient (Wildman–Crippen LogP) is 3.71. The largest absolute Gasteiger partial charge is 0.345 e. The lowest BCUT2D eigenvalue weighted by atomic mass is 10.1. The zero-order valence-electron chi connectivity index (χ0n) is 17.9. The number of anilines is 1. The molecule has 0 aliphatic carbocycles. The summed E-state index contributed by atoms with van der Waals surface area (Å²) in [6.07, 6.45) is 3.10. The third-order valence-corrected chi connectivity index (χ3v) is 6.42. The highest BCUT2D eigenvalue weighted by Gasteiger charge is 2.39. The number of nitrogens with zero attached hydrogens (tertiary/aromatic N) is 7. The summed E-state index contributed by atoms with van der Waals surface area (Å²) in [5.74, 6) is -0.0261. The molecular weight excluding hydrogens is 478 g/mol. The van der Waals surface area contributed by atoms with Crippen molar-refractivity contribution in [3.63, 3.8) is 0 Å². The molecule has 35 heavy (non-hydrogen) atoms. The van der Waals surface area contributed by atoms with Gasteiger partial charge in [-0.1, -0.05) is 17.7 Å². The highest BCUT2D eigenvalue weighted by Crippen LogP contribution is 2.39. The van der Waals surface area contributed by atoms with Crippen molar-refractivity contribution in [1.82, 2.24) is 29.1 Å². The first-order valence-electron chi connectivity index (χ1n) is 10.6. The van der Waals surface area contributed by atoms with E-state index in [-0.39, 0.29) is 35.0 Å². The summed E-state index contributed by atoms with van der Waals surface area (Å²) in [4.78, 5) is 26.7. The van der Waals surface area contributed by atoms with Gasteiger partial charge in [-0.2, -0.15) is 10.4 Å². The van der Waals surface area contributed by atoms with Crippen molar-refractivity contribution >= 4 is 34.0 Å². The van der Waals surface area contributed by atoms with Gasteiger partial charge in [0, 0.05) is 18.8 Å². The number of rotatable bonds is 3. The van der Waals surface area contributed by atoms with Crippen molar-refractivity contribution in [2.45, 2.75) is 18.6 Å². The van der Waals surface area contributed by atoms with Crippen LogP contribution in [0.5, 0.6) is 0 Å². The second-order valence-electron chi connectivity index (χ2n) is 8.17. The van der Waals surface area contributed by atoms with Gasteiger partial charge >= 0.3 is 0 Å². The topological polar surface area (TPSA) is 108 Å². The van der Waals surface area contributed by atoms with Crippen LogP contribution in [-0.2, 0) is 0 Å². The Hall–Kier alpha value is -4.30. The van der Waals surface area contributed by atoms with Gasteiger partial charge in [0.1, 0.15) is 41.4 Å². The highest BCUT2D eigenvalue weighted by molar-refractivity contribution is 6.33. The first-order valence-corrected chi connectivity index (χ1v) is 11.0. The van der Waals surface area contributed by atoms with E-state index < -0.39 is 23.6 Å². The van der Waals surface area contributed by atoms with Crippen LogP contribution in [0.4, 0.5) is 14.6 Å². The second kappa shape index (κ2) is 7.89. The fourth-order valence-electron chi connectivity index (χ4n) is 4.64. The molecule has 174 valence electrons. The average molecular weight is 493 g/mol. The van der Waals surface area contributed by atoms with Gasteiger partial charge in [0.15, 0.2) is 5.82 Å². The molecule has 1 saturated heterocycles. The maximum Gasteiger partial charge on any atom is 0.284 e. The van der Waals surface area contributed by atoms with E-state index in [1.807, 2.05) is 0 Å². The highest BCUT2D eigenvalue weighted by atomic mass is 35.5. The molecule has 4 aromatic heterocycles. The number of alkyl halides is 1. The third-order valence-electron chi connectivity index (χ3n) is 6.12. The molecule has 0 radical (unpaired) electrons. The van der Waals surface area contributed by atoms with Crippen molar-refractivity contribution < 1.29 is 8.78 Å². The quantitative estimate of drug-likeness (QED) is 0.411. The Morgan fingerprint density at radius 3 is 2.91 bits per heavy atom. The smallest absolute Gasteiger partial charge is 0.284 e. The van der Waals surface area contributed by atoms with Crippen molar-refractivity contribution in [2.75, 3.05) is 11.4 Å². The number of halogens is 3. The number of fused-ring (bicyclic) bond motifs is 2. The van der Waals surface area contributed by atoms with Crippen molar-refractivity contribution in [2.24, 2.45) is 0 Å². The Labute approximate surface area is 200 Å². The monoisotopic (exact) mass is 492 g/mol. The fourth-order valence-corrected chi connectivity index (χ4v) is 4.87. The number of H-pyrrole nitrogens is 1. The van der Waals surface area contributed by atoms with Gasteiger partial charge < -0.3 is 9.88 Å². The van der Waals surface area contributed by atoms with Crippen LogP contribution in [0.25, 0.3) is 22.2 Å². The van der Waals surface area contributed by atoms with Gasteiger partial charge in [0.2, 0.25) is 0 Å². The number of benzene rings is 1. The maximum atomic E-state index is 15.0. The van der Waals surface area contributed by atoms with Crippen LogP contribution in [0.3, 0.4) is 0 Å². The summed E-state index contributed by atoms with van der Waals surface area (Å²) in [6.45, 7) is -0.0453. The van der Waals surface area contributed by atoms with E-state index in [1.165, 1.54) is 52.1 Å². The van der Waals surface area contributed by atoms with E-state index in [4.69, 9.17) is 11.6 Å². The zero-order chi connectivity index (χ0) is 24.3. The standard InChI is InChI=1S/C23H15ClF2N8O/c24-16-4-5-33-19(16)23(35)34(15-3-1-2-13(25)6-15)21(31-33)17-7-14(26)10-32(17)22-18-12(8-27)9-28-20(18)29-11-30-22/h1-6,9,11,14,17H,7,10H2,(H,28,29,30)/t14-,17-/m0/s1. The predicted molar refractivity (Wildman–Crippen MR) is 124 cm³/mol. The van der Waals surface area contributed by atoms with Gasteiger partial charge in [0.25, 0.3) is 5.56 Å². The maximum absolute atomic E-state index is 15.0. The molecule has 2 atom stereocenters. The molecular formula is C23H15ClF2N8O. The molecule has 5 aromatic rings. The molecule has 6 rings (SSSR count). The van der Waals surface area contributed by atoms with Crippen LogP contribution >= 0.6 is 11.6 Å². The number of nitrogens with one attached hydrogen (secondary N) is 1. The number of nitriles is 1. The van der Waals surface area contributed by atoms with Gasteiger partial charge in [-0.25, -0.2) is 23.3 Å². The van der Waals surface area contributed by atoms with Gasteiger partial charge in [-0.05, 0) is 24.3 Å². The van der Waals surface area contributed by atoms with E-state index in [2.05, 4.69) is 26.1 Å². The van der Waals surface area contributed by atoms with E-state index >= 15 is 0 Å². The van der Waals surface area contributed by atoms with E-state index in [1.54, 1.807) is 11.0 Å². The number of aromatic amines is 1. The molecule has 0 saturated carbocycles. The normalized spacial score (nSPS) is 17.9. The molecule has 5 heterocycles. The summed E-state index contributed by atoms with van der Waals surface area (Å²) >= 11 is 6.24. The zero-order valence-corrected chi connectivity index (χ0v) is 18.6. The number of aromatic nitrogens is 6. The molecule has 0 amide bonds. The molecule has 9 nitrogen and oxygen atoms in total. The molecule has 1 fully saturated rings. The second-order valence-corrected chi connectivity index (χ2v) is 8.58. The fraction of sp³-hybridized carbons (Fsp3) is 0.174. The van der Waals surface area contributed by atoms with Gasteiger partial charge in [-0.15, -0.1) is 0 Å². The third kappa shape index (κ3) is 3.25. The molecule has 1 aromatic carbocycles. The lowest BCUT2D eigenvalue weighted by Crippen LogP contribution is -2.33. The minimum Gasteiger partial charge on any atom is -0.345 e. The Morgan fingerprint density at radius 1 is 1.26 bits per heavy atom. The lowest BCUT2D eigenvalue weighted by molar-refractivity contribution is 0.354. The summed E-state index contributed by atoms with van der Waals surface area (Å²) in [7, 11) is 0. The number of hydrogen-bond donors (Lipinski definition) is 1. The number of hydrogen-bond acceptors (Lipinski definition) is 6. The summed E-state index contributed by atoms with van der Waals surface area (Å²) in [5.41, 5.74) is 0.551. The van der Waals surface area contributed by atoms with Crippen LogP contribution in [-0.4, -0.2) is 41.8 Å². The Bertz CT molecular complexity index is 1720. The molecule has 0 spiro atoms. The summed E-state index contributed by atoms with van der Waals surface area (Å²) < 4.78 is 31.7. The minimum atomic E-state index is -1.27. The van der Waals surface area contributed by atoms with Gasteiger partial charge in [0.05, 0.1) is 34.2 Å². The van der Waals surface area contributed by atoms with E-state index in [9.17, 15) is 18.8 Å². The molecule has 12 heteroatoms.